The number of amides is 1. The maximum Gasteiger partial charge on any atom is 0.329 e. The topological polar surface area (TPSA) is 72.9 Å². The van der Waals surface area contributed by atoms with Crippen LogP contribution in [0.5, 0.6) is 0 Å². The van der Waals surface area contributed by atoms with Crippen LogP contribution in [0.25, 0.3) is 0 Å². The molecule has 3 rings (SSSR count). The van der Waals surface area contributed by atoms with E-state index in [1.54, 1.807) is 67.3 Å². The van der Waals surface area contributed by atoms with Crippen molar-refractivity contribution in [3.63, 3.8) is 0 Å². The minimum Gasteiger partial charge on any atom is -0.465 e. The normalized spacial score (nSPS) is 17.4. The molecular weight excluding hydrogens is 382 g/mol. The molecule has 0 bridgehead atoms. The first-order valence-corrected chi connectivity index (χ1v) is 10.2. The summed E-state index contributed by atoms with van der Waals surface area (Å²) in [4.78, 5) is 42.5. The Morgan fingerprint density at radius 2 is 1.47 bits per heavy atom. The van der Waals surface area contributed by atoms with Crippen molar-refractivity contribution < 1.29 is 23.9 Å². The molecule has 0 saturated carbocycles. The van der Waals surface area contributed by atoms with Gasteiger partial charge in [-0.1, -0.05) is 48.5 Å². The van der Waals surface area contributed by atoms with Gasteiger partial charge in [0.2, 0.25) is 11.3 Å². The first-order valence-electron chi connectivity index (χ1n) is 10.2. The summed E-state index contributed by atoms with van der Waals surface area (Å²) in [5.74, 6) is -2.99. The summed E-state index contributed by atoms with van der Waals surface area (Å²) in [6.07, 6.45) is 0. The molecule has 0 fully saturated rings. The molecule has 0 aromatic heterocycles. The molecule has 6 nitrogen and oxygen atoms in total. The van der Waals surface area contributed by atoms with E-state index < -0.39 is 23.3 Å². The minimum atomic E-state index is -1.92. The van der Waals surface area contributed by atoms with Gasteiger partial charge in [-0.2, -0.15) is 0 Å². The number of hydrogen-bond acceptors (Lipinski definition) is 5. The number of carbonyl (C=O) groups is 3. The largest absolute Gasteiger partial charge is 0.465 e. The Kier molecular flexibility index (Phi) is 6.25. The molecule has 0 radical (unpaired) electrons. The highest BCUT2D eigenvalue weighted by Gasteiger charge is 2.64. The third-order valence-electron chi connectivity index (χ3n) is 5.35. The lowest BCUT2D eigenvalue weighted by atomic mass is 9.63. The van der Waals surface area contributed by atoms with Crippen molar-refractivity contribution in [1.29, 1.82) is 0 Å². The number of benzene rings is 2. The smallest absolute Gasteiger partial charge is 0.329 e. The molecule has 1 amide bonds. The average molecular weight is 409 g/mol. The summed E-state index contributed by atoms with van der Waals surface area (Å²) in [6.45, 7) is 7.30. The first kappa shape index (κ1) is 21.6. The highest BCUT2D eigenvalue weighted by molar-refractivity contribution is 6.19. The molecule has 6 heteroatoms. The summed E-state index contributed by atoms with van der Waals surface area (Å²) < 4.78 is 10.8. The molecule has 2 aromatic carbocycles. The van der Waals surface area contributed by atoms with E-state index in [4.69, 9.17) is 9.47 Å². The van der Waals surface area contributed by atoms with E-state index >= 15 is 0 Å². The fraction of sp³-hybridized carbons (Fsp3) is 0.375. The van der Waals surface area contributed by atoms with Crippen LogP contribution in [0.15, 0.2) is 54.6 Å². The molecule has 0 saturated heterocycles. The van der Waals surface area contributed by atoms with Crippen LogP contribution in [0, 0.1) is 0 Å². The van der Waals surface area contributed by atoms with E-state index in [-0.39, 0.29) is 25.2 Å². The Hall–Kier alpha value is -3.15. The van der Waals surface area contributed by atoms with Gasteiger partial charge in [-0.15, -0.1) is 0 Å². The van der Waals surface area contributed by atoms with Gasteiger partial charge in [-0.05, 0) is 39.3 Å². The molecule has 0 spiro atoms. The monoisotopic (exact) mass is 409 g/mol. The van der Waals surface area contributed by atoms with E-state index in [0.717, 1.165) is 0 Å². The maximum atomic E-state index is 13.9. The van der Waals surface area contributed by atoms with E-state index in [0.29, 0.717) is 16.8 Å². The summed E-state index contributed by atoms with van der Waals surface area (Å²) in [5.41, 5.74) is -0.425. The van der Waals surface area contributed by atoms with Gasteiger partial charge < -0.3 is 14.4 Å². The Morgan fingerprint density at radius 3 is 2.00 bits per heavy atom. The molecule has 30 heavy (non-hydrogen) atoms. The maximum absolute atomic E-state index is 13.9. The Morgan fingerprint density at radius 1 is 0.933 bits per heavy atom. The highest BCUT2D eigenvalue weighted by Crippen LogP contribution is 2.51. The van der Waals surface area contributed by atoms with Gasteiger partial charge in [-0.3, -0.25) is 14.4 Å². The molecule has 1 heterocycles. The molecule has 2 aromatic rings. The zero-order chi connectivity index (χ0) is 21.9. The number of nitrogens with zero attached hydrogens (tertiary/aromatic N) is 1. The molecule has 0 aliphatic carbocycles. The lowest BCUT2D eigenvalue weighted by Crippen LogP contribution is -2.60. The molecule has 158 valence electrons. The van der Waals surface area contributed by atoms with Crippen LogP contribution in [0.2, 0.25) is 0 Å². The van der Waals surface area contributed by atoms with Crippen LogP contribution < -0.4 is 4.90 Å². The van der Waals surface area contributed by atoms with Crippen LogP contribution in [-0.2, 0) is 29.3 Å². The summed E-state index contributed by atoms with van der Waals surface area (Å²) >= 11 is 0. The molecule has 0 N–H and O–H groups in total. The lowest BCUT2D eigenvalue weighted by Gasteiger charge is -2.46. The van der Waals surface area contributed by atoms with Gasteiger partial charge in [0.25, 0.3) is 0 Å². The van der Waals surface area contributed by atoms with Gasteiger partial charge in [0.05, 0.1) is 19.1 Å². The van der Waals surface area contributed by atoms with Gasteiger partial charge in [0.1, 0.15) is 0 Å². The Balaban J connectivity index is 2.43. The van der Waals surface area contributed by atoms with Crippen molar-refractivity contribution in [1.82, 2.24) is 0 Å². The van der Waals surface area contributed by atoms with Gasteiger partial charge in [-0.25, -0.2) is 0 Å². The Bertz CT molecular complexity index is 920. The van der Waals surface area contributed by atoms with Crippen molar-refractivity contribution in [3.8, 4) is 0 Å². The third-order valence-corrected chi connectivity index (χ3v) is 5.35. The van der Waals surface area contributed by atoms with Crippen LogP contribution in [0.3, 0.4) is 0 Å². The summed E-state index contributed by atoms with van der Waals surface area (Å²) in [6, 6.07) is 15.7. The number of anilines is 1. The predicted molar refractivity (Wildman–Crippen MR) is 113 cm³/mol. The number of hydrogen-bond donors (Lipinski definition) is 0. The number of carbonyl (C=O) groups excluding carboxylic acids is 3. The lowest BCUT2D eigenvalue weighted by molar-refractivity contribution is -0.168. The van der Waals surface area contributed by atoms with Crippen LogP contribution >= 0.6 is 0 Å². The fourth-order valence-electron chi connectivity index (χ4n) is 4.22. The predicted octanol–water partition coefficient (Wildman–Crippen LogP) is 3.59. The second kappa shape index (κ2) is 8.69. The van der Waals surface area contributed by atoms with Crippen molar-refractivity contribution in [3.05, 3.63) is 65.7 Å². The SMILES string of the molecule is CCOC(=O)C1(C(=O)OCC)c2ccccc2N(C(C)C)C(=O)C1c1ccccc1. The van der Waals surface area contributed by atoms with E-state index in [9.17, 15) is 14.4 Å². The number of ether oxygens (including phenoxy) is 2. The second-order valence-corrected chi connectivity index (χ2v) is 7.41. The molecule has 1 aliphatic rings. The zero-order valence-electron chi connectivity index (χ0n) is 17.8. The number of para-hydroxylation sites is 1. The van der Waals surface area contributed by atoms with Crippen molar-refractivity contribution in [2.75, 3.05) is 18.1 Å². The van der Waals surface area contributed by atoms with Crippen molar-refractivity contribution in [2.45, 2.75) is 45.1 Å². The van der Waals surface area contributed by atoms with Gasteiger partial charge >= 0.3 is 11.9 Å². The average Bonchev–Trinajstić information content (AvgIpc) is 2.73. The van der Waals surface area contributed by atoms with Crippen LogP contribution in [0.4, 0.5) is 5.69 Å². The standard InChI is InChI=1S/C24H27NO5/c1-5-29-22(27)24(23(28)30-6-2)18-14-10-11-15-19(18)25(16(3)4)21(26)20(24)17-12-8-7-9-13-17/h7-16,20H,5-6H2,1-4H3. The summed E-state index contributed by atoms with van der Waals surface area (Å²) in [5, 5.41) is 0. The number of esters is 2. The highest BCUT2D eigenvalue weighted by atomic mass is 16.6. The van der Waals surface area contributed by atoms with E-state index in [2.05, 4.69) is 0 Å². The first-order chi connectivity index (χ1) is 14.4. The van der Waals surface area contributed by atoms with E-state index in [1.807, 2.05) is 19.9 Å². The molecular formula is C24H27NO5. The third kappa shape index (κ3) is 3.26. The van der Waals surface area contributed by atoms with E-state index in [1.165, 1.54) is 0 Å². The van der Waals surface area contributed by atoms with Gasteiger partial charge in [0, 0.05) is 17.3 Å². The van der Waals surface area contributed by atoms with Crippen LogP contribution in [-0.4, -0.2) is 37.1 Å². The van der Waals surface area contributed by atoms with Crippen molar-refractivity contribution >= 4 is 23.5 Å². The summed E-state index contributed by atoms with van der Waals surface area (Å²) in [7, 11) is 0. The Labute approximate surface area is 176 Å². The number of fused-ring (bicyclic) bond motifs is 1. The molecule has 1 aliphatic heterocycles. The quantitative estimate of drug-likeness (QED) is 0.539. The van der Waals surface area contributed by atoms with Crippen molar-refractivity contribution in [2.24, 2.45) is 0 Å². The van der Waals surface area contributed by atoms with Crippen LogP contribution in [0.1, 0.15) is 44.7 Å². The second-order valence-electron chi connectivity index (χ2n) is 7.41. The minimum absolute atomic E-state index is 0.0751. The zero-order valence-corrected chi connectivity index (χ0v) is 17.8. The molecule has 1 atom stereocenters. The number of rotatable bonds is 6. The van der Waals surface area contributed by atoms with Gasteiger partial charge in [0.15, 0.2) is 0 Å². The molecule has 1 unspecified atom stereocenters. The fourth-order valence-corrected chi connectivity index (χ4v) is 4.22.